The molecule has 0 aliphatic carbocycles. The highest BCUT2D eigenvalue weighted by Gasteiger charge is 2.51. The van der Waals surface area contributed by atoms with Crippen molar-refractivity contribution in [3.05, 3.63) is 37.6 Å². The van der Waals surface area contributed by atoms with E-state index in [-0.39, 0.29) is 44.9 Å². The molecular formula is C63H88NO14P. The van der Waals surface area contributed by atoms with E-state index in [1.807, 2.05) is 13.8 Å². The summed E-state index contributed by atoms with van der Waals surface area (Å²) >= 11 is 0. The molecule has 434 valence electrons. The van der Waals surface area contributed by atoms with E-state index < -0.39 is 81.0 Å². The molecule has 1 N–H and O–H groups in total. The van der Waals surface area contributed by atoms with Gasteiger partial charge < -0.3 is 43.2 Å². The molecule has 0 aromatic carbocycles. The Hall–Kier alpha value is -5.09. The Balaban J connectivity index is 2.41. The van der Waals surface area contributed by atoms with E-state index in [9.17, 15) is 14.2 Å². The summed E-state index contributed by atoms with van der Waals surface area (Å²) in [4.78, 5) is 26.7. The van der Waals surface area contributed by atoms with Crippen molar-refractivity contribution < 1.29 is 65.6 Å². The smallest absolute Gasteiger partial charge is 0.471 e. The average molecular weight is 1110 g/mol. The normalized spacial score (nSPS) is 22.6. The number of Topliss-reactive ketones (excluding diaryl/α,β-unsaturated/α-hetero) is 1. The van der Waals surface area contributed by atoms with E-state index in [4.69, 9.17) is 57.9 Å². The first-order chi connectivity index (χ1) is 38.5. The number of methoxy groups -OCH3 is 2. The molecule has 2 fully saturated rings. The van der Waals surface area contributed by atoms with Gasteiger partial charge in [-0.25, -0.2) is 4.57 Å². The second-order valence-corrected chi connectivity index (χ2v) is 20.7. The van der Waals surface area contributed by atoms with Gasteiger partial charge in [-0.2, -0.15) is 0 Å². The number of unbranched alkanes of at least 4 members (excludes halogenated alkanes) is 11. The molecule has 2 aliphatic rings. The summed E-state index contributed by atoms with van der Waals surface area (Å²) < 4.78 is 82.8. The number of carbonyl (C=O) groups is 2. The summed E-state index contributed by atoms with van der Waals surface area (Å²) in [6, 6.07) is -0.821. The molecule has 0 bridgehead atoms. The van der Waals surface area contributed by atoms with Gasteiger partial charge >= 0.3 is 7.82 Å². The van der Waals surface area contributed by atoms with Gasteiger partial charge in [-0.05, 0) is 97.2 Å². The second-order valence-electron chi connectivity index (χ2n) is 19.1. The third kappa shape index (κ3) is 29.8. The predicted octanol–water partition coefficient (Wildman–Crippen LogP) is 9.98. The summed E-state index contributed by atoms with van der Waals surface area (Å²) in [5.74, 6) is 30.4. The Morgan fingerprint density at radius 2 is 1.24 bits per heavy atom. The quantitative estimate of drug-likeness (QED) is 0.0154. The van der Waals surface area contributed by atoms with Gasteiger partial charge in [0.2, 0.25) is 12.2 Å². The lowest BCUT2D eigenvalue weighted by atomic mass is 9.88. The minimum absolute atomic E-state index is 0.00629. The maximum absolute atomic E-state index is 14.2. The van der Waals surface area contributed by atoms with Crippen LogP contribution in [-0.2, 0) is 65.6 Å². The van der Waals surface area contributed by atoms with Crippen LogP contribution in [0.25, 0.3) is 0 Å². The molecule has 2 rings (SSSR count). The molecule has 0 unspecified atom stereocenters. The van der Waals surface area contributed by atoms with Gasteiger partial charge in [-0.1, -0.05) is 129 Å². The van der Waals surface area contributed by atoms with Crippen molar-refractivity contribution in [2.75, 3.05) is 53.9 Å². The topological polar surface area (TPSA) is 165 Å². The standard InChI is InChI=1S/C63H88NO14P/c1-11-17-20-23-25-27-28-29-30-31-32-35-37-40-53(65)48-57(66)64-58-59(70-46-39-36-33-26-24-21-18-12-2)51(7)55(76-63(58)72-43-14-4)50-73-62-52(8)60(71-47-42-54(69-10)41-38-34-22-19-13-3)61(56(77-62)49-68-9)78-79(67,74-44-15-5)75-45-16-6/h1,14-16,43,51-52,54-56,58-63H,5-6,12-13,18-19,21-22,24,26,33-34,36,38-42,44-50H2,2-4,7-10H3,(H,64,66)/b43-14-/t51-,52-,54-,55-,56-,58-,59+,60-,61-,62-,63-/m1/s1. The fraction of sp³-hybridized carbons (Fsp3) is 0.651. The largest absolute Gasteiger partial charge is 0.475 e. The molecule has 2 aliphatic heterocycles. The molecule has 11 atom stereocenters. The highest BCUT2D eigenvalue weighted by Crippen LogP contribution is 2.53. The lowest BCUT2D eigenvalue weighted by Gasteiger charge is -2.47. The van der Waals surface area contributed by atoms with Crippen LogP contribution in [0.15, 0.2) is 37.6 Å². The van der Waals surface area contributed by atoms with E-state index in [0.29, 0.717) is 19.6 Å². The number of hydrogen-bond donors (Lipinski definition) is 1. The van der Waals surface area contributed by atoms with Crippen LogP contribution in [0.5, 0.6) is 0 Å². The van der Waals surface area contributed by atoms with Crippen LogP contribution in [0.2, 0.25) is 0 Å². The van der Waals surface area contributed by atoms with Crippen LogP contribution in [0.3, 0.4) is 0 Å². The Bertz CT molecular complexity index is 2300. The Morgan fingerprint density at radius 3 is 1.82 bits per heavy atom. The van der Waals surface area contributed by atoms with E-state index in [2.05, 4.69) is 109 Å². The lowest BCUT2D eigenvalue weighted by Crippen LogP contribution is -2.63. The molecule has 79 heavy (non-hydrogen) atoms. The van der Waals surface area contributed by atoms with Crippen molar-refractivity contribution in [3.63, 3.8) is 0 Å². The van der Waals surface area contributed by atoms with Crippen LogP contribution in [0.1, 0.15) is 144 Å². The molecule has 0 aromatic heterocycles. The molecule has 16 heteroatoms. The number of allylic oxidation sites excluding steroid dienone is 1. The molecule has 1 amide bonds. The minimum atomic E-state index is -4.23. The van der Waals surface area contributed by atoms with Gasteiger partial charge in [0.25, 0.3) is 0 Å². The summed E-state index contributed by atoms with van der Waals surface area (Å²) in [5.41, 5.74) is 0. The van der Waals surface area contributed by atoms with E-state index in [1.165, 1.54) is 70.5 Å². The average Bonchev–Trinajstić information content (AvgIpc) is 3.49. The first-order valence-corrected chi connectivity index (χ1v) is 29.4. The third-order valence-corrected chi connectivity index (χ3v) is 14.3. The number of ether oxygens (including phenoxy) is 8. The Kier molecular flexibility index (Phi) is 39.6. The van der Waals surface area contributed by atoms with Gasteiger partial charge in [0.15, 0.2) is 12.1 Å². The molecule has 0 spiro atoms. The highest BCUT2D eigenvalue weighted by atomic mass is 31.2. The van der Waals surface area contributed by atoms with Crippen LogP contribution < -0.4 is 5.32 Å². The molecular weight excluding hydrogens is 1030 g/mol. The molecule has 2 heterocycles. The number of rotatable bonds is 40. The number of hydrogen-bond acceptors (Lipinski definition) is 14. The van der Waals surface area contributed by atoms with Crippen molar-refractivity contribution in [3.8, 4) is 83.4 Å². The predicted molar refractivity (Wildman–Crippen MR) is 307 cm³/mol. The number of carbonyl (C=O) groups excluding carboxylic acids is 2. The SMILES string of the molecule is C#CC#CC#CC#CC#CC#CC#CCC(=O)CC(=O)N[C@H]1[C@H](O/C=C\C)O[C@H](CO[C@@H]2O[C@H](COC)[C@@H](OP(=O)(OCC=C)OCC=C)[C@H](OCC[C@@H](CCCCCCC)OC)[C@H]2C)[C@@H](C)[C@@H]1OCCCCCCCCCC. The monoisotopic (exact) mass is 1110 g/mol. The maximum atomic E-state index is 14.2. The van der Waals surface area contributed by atoms with Crippen LogP contribution in [0.4, 0.5) is 0 Å². The van der Waals surface area contributed by atoms with E-state index in [1.54, 1.807) is 20.1 Å². The zero-order chi connectivity index (χ0) is 57.8. The van der Waals surface area contributed by atoms with Crippen molar-refractivity contribution in [1.82, 2.24) is 5.32 Å². The first-order valence-electron chi connectivity index (χ1n) is 27.9. The number of ketones is 1. The summed E-state index contributed by atoms with van der Waals surface area (Å²) in [5, 5.41) is 3.00. The van der Waals surface area contributed by atoms with Gasteiger partial charge in [0.1, 0.15) is 18.2 Å². The summed E-state index contributed by atoms with van der Waals surface area (Å²) in [6.07, 6.45) is 20.7. The fourth-order valence-corrected chi connectivity index (χ4v) is 10.0. The lowest BCUT2D eigenvalue weighted by molar-refractivity contribution is -0.306. The fourth-order valence-electron chi connectivity index (χ4n) is 8.70. The van der Waals surface area contributed by atoms with E-state index in [0.717, 1.165) is 44.9 Å². The highest BCUT2D eigenvalue weighted by molar-refractivity contribution is 7.48. The van der Waals surface area contributed by atoms with Crippen molar-refractivity contribution in [2.45, 2.75) is 199 Å². The van der Waals surface area contributed by atoms with Crippen LogP contribution in [-0.4, -0.2) is 121 Å². The summed E-state index contributed by atoms with van der Waals surface area (Å²) in [6.45, 7) is 18.0. The third-order valence-electron chi connectivity index (χ3n) is 12.8. The van der Waals surface area contributed by atoms with Gasteiger partial charge in [-0.15, -0.1) is 19.6 Å². The number of nitrogens with one attached hydrogen (secondary N) is 1. The number of amides is 1. The van der Waals surface area contributed by atoms with Crippen molar-refractivity contribution in [1.29, 1.82) is 0 Å². The molecule has 2 saturated heterocycles. The van der Waals surface area contributed by atoms with Gasteiger partial charge in [-0.3, -0.25) is 23.2 Å². The van der Waals surface area contributed by atoms with Gasteiger partial charge in [0, 0.05) is 39.3 Å². The van der Waals surface area contributed by atoms with Crippen LogP contribution in [0, 0.1) is 95.2 Å². The molecule has 0 radical (unpaired) electrons. The van der Waals surface area contributed by atoms with E-state index >= 15 is 0 Å². The van der Waals surface area contributed by atoms with Gasteiger partial charge in [0.05, 0.1) is 69.9 Å². The molecule has 15 nitrogen and oxygen atoms in total. The summed E-state index contributed by atoms with van der Waals surface area (Å²) in [7, 11) is -0.992. The maximum Gasteiger partial charge on any atom is 0.475 e. The van der Waals surface area contributed by atoms with Crippen molar-refractivity contribution >= 4 is 19.5 Å². The van der Waals surface area contributed by atoms with Crippen molar-refractivity contribution in [2.24, 2.45) is 11.8 Å². The number of phosphoric ester groups is 1. The van der Waals surface area contributed by atoms with Crippen LogP contribution >= 0.6 is 7.82 Å². The zero-order valence-corrected chi connectivity index (χ0v) is 49.0. The number of phosphoric acid groups is 1. The minimum Gasteiger partial charge on any atom is -0.471 e. The second kappa shape index (κ2) is 44.6. The zero-order valence-electron chi connectivity index (χ0n) is 48.1. The molecule has 0 aromatic rings. The Labute approximate surface area is 474 Å². The Morgan fingerprint density at radius 1 is 0.671 bits per heavy atom. The molecule has 0 saturated carbocycles. The first kappa shape index (κ1) is 70.0. The number of terminal acetylenes is 1.